The highest BCUT2D eigenvalue weighted by Gasteiger charge is 2.22. The van der Waals surface area contributed by atoms with E-state index >= 15 is 0 Å². The van der Waals surface area contributed by atoms with E-state index < -0.39 is 0 Å². The summed E-state index contributed by atoms with van der Waals surface area (Å²) >= 11 is 0. The summed E-state index contributed by atoms with van der Waals surface area (Å²) in [4.78, 5) is 16.3. The van der Waals surface area contributed by atoms with Crippen LogP contribution in [0.4, 0.5) is 0 Å². The zero-order valence-corrected chi connectivity index (χ0v) is 12.1. The van der Waals surface area contributed by atoms with Crippen LogP contribution in [0, 0.1) is 0 Å². The molecule has 1 saturated heterocycles. The lowest BCUT2D eigenvalue weighted by atomic mass is 9.99. The van der Waals surface area contributed by atoms with Gasteiger partial charge in [0.05, 0.1) is 6.33 Å². The van der Waals surface area contributed by atoms with Crippen LogP contribution >= 0.6 is 0 Å². The fourth-order valence-corrected chi connectivity index (χ4v) is 2.69. The monoisotopic (exact) mass is 284 g/mol. The number of rotatable bonds is 3. The number of nitrogens with one attached hydrogen (secondary N) is 2. The van der Waals surface area contributed by atoms with Gasteiger partial charge >= 0.3 is 0 Å². The number of nitrogens with zero attached hydrogens (tertiary/aromatic N) is 2. The highest BCUT2D eigenvalue weighted by atomic mass is 16.1. The van der Waals surface area contributed by atoms with E-state index in [1.807, 2.05) is 35.0 Å². The van der Waals surface area contributed by atoms with Crippen LogP contribution in [0.1, 0.15) is 30.1 Å². The Hall–Kier alpha value is -2.14. The molecule has 1 aliphatic heterocycles. The fourth-order valence-electron chi connectivity index (χ4n) is 2.69. The third-order valence-corrected chi connectivity index (χ3v) is 4.01. The van der Waals surface area contributed by atoms with Gasteiger partial charge in [0.25, 0.3) is 5.91 Å². The van der Waals surface area contributed by atoms with Crippen molar-refractivity contribution < 1.29 is 4.79 Å². The standard InChI is InChI=1S/C16H20N4O/c1-12-15(3-2-8-18-12)19-16(21)13-4-6-14(7-5-13)20-10-9-17-11-20/h4-7,9-12,15,18H,2-3,8H2,1H3,(H,19,21). The maximum absolute atomic E-state index is 12.3. The number of benzene rings is 1. The van der Waals surface area contributed by atoms with Crippen molar-refractivity contribution in [3.05, 3.63) is 48.5 Å². The molecule has 0 radical (unpaired) electrons. The Bertz CT molecular complexity index is 591. The number of hydrogen-bond donors (Lipinski definition) is 2. The third-order valence-electron chi connectivity index (χ3n) is 4.01. The predicted octanol–water partition coefficient (Wildman–Crippen LogP) is 1.74. The van der Waals surface area contributed by atoms with Crippen LogP contribution in [0.5, 0.6) is 0 Å². The van der Waals surface area contributed by atoms with Crippen LogP contribution in [0.25, 0.3) is 5.69 Å². The third kappa shape index (κ3) is 3.13. The van der Waals surface area contributed by atoms with Gasteiger partial charge in [-0.25, -0.2) is 4.98 Å². The first-order valence-electron chi connectivity index (χ1n) is 7.37. The van der Waals surface area contributed by atoms with Gasteiger partial charge in [-0.05, 0) is 50.6 Å². The second-order valence-electron chi connectivity index (χ2n) is 5.48. The van der Waals surface area contributed by atoms with E-state index in [1.165, 1.54) is 0 Å². The molecule has 3 rings (SSSR count). The normalized spacial score (nSPS) is 22.0. The van der Waals surface area contributed by atoms with Crippen molar-refractivity contribution in [2.75, 3.05) is 6.54 Å². The molecular weight excluding hydrogens is 264 g/mol. The van der Waals surface area contributed by atoms with Gasteiger partial charge in [0.1, 0.15) is 0 Å². The summed E-state index contributed by atoms with van der Waals surface area (Å²) in [7, 11) is 0. The molecule has 2 aromatic rings. The molecule has 2 N–H and O–H groups in total. The zero-order valence-electron chi connectivity index (χ0n) is 12.1. The molecule has 1 aliphatic rings. The van der Waals surface area contributed by atoms with E-state index in [0.717, 1.165) is 25.1 Å². The lowest BCUT2D eigenvalue weighted by molar-refractivity contribution is 0.0920. The number of piperidine rings is 1. The first-order chi connectivity index (χ1) is 10.2. The summed E-state index contributed by atoms with van der Waals surface area (Å²) in [6.07, 6.45) is 7.49. The number of carbonyl (C=O) groups is 1. The molecule has 0 bridgehead atoms. The fraction of sp³-hybridized carbons (Fsp3) is 0.375. The lowest BCUT2D eigenvalue weighted by Gasteiger charge is -2.30. The van der Waals surface area contributed by atoms with Crippen molar-refractivity contribution >= 4 is 5.91 Å². The van der Waals surface area contributed by atoms with Gasteiger partial charge in [0.2, 0.25) is 0 Å². The summed E-state index contributed by atoms with van der Waals surface area (Å²) < 4.78 is 1.91. The average molecular weight is 284 g/mol. The Morgan fingerprint density at radius 3 is 2.86 bits per heavy atom. The predicted molar refractivity (Wildman–Crippen MR) is 81.5 cm³/mol. The Balaban J connectivity index is 1.67. The van der Waals surface area contributed by atoms with Crippen molar-refractivity contribution in [1.29, 1.82) is 0 Å². The van der Waals surface area contributed by atoms with Crippen molar-refractivity contribution in [2.24, 2.45) is 0 Å². The number of aromatic nitrogens is 2. The van der Waals surface area contributed by atoms with Crippen molar-refractivity contribution in [3.8, 4) is 5.69 Å². The topological polar surface area (TPSA) is 58.9 Å². The minimum absolute atomic E-state index is 0.00673. The molecule has 1 amide bonds. The van der Waals surface area contributed by atoms with Crippen molar-refractivity contribution in [2.45, 2.75) is 31.8 Å². The van der Waals surface area contributed by atoms with Gasteiger partial charge in [-0.15, -0.1) is 0 Å². The highest BCUT2D eigenvalue weighted by molar-refractivity contribution is 5.94. The Labute approximate surface area is 124 Å². The van der Waals surface area contributed by atoms with Gasteiger partial charge in [-0.2, -0.15) is 0 Å². The molecule has 110 valence electrons. The average Bonchev–Trinajstić information content (AvgIpc) is 3.04. The van der Waals surface area contributed by atoms with Crippen LogP contribution in [0.2, 0.25) is 0 Å². The van der Waals surface area contributed by atoms with Gasteiger partial charge in [0, 0.05) is 35.7 Å². The zero-order chi connectivity index (χ0) is 14.7. The van der Waals surface area contributed by atoms with E-state index in [4.69, 9.17) is 0 Å². The largest absolute Gasteiger partial charge is 0.348 e. The molecular formula is C16H20N4O. The maximum Gasteiger partial charge on any atom is 0.251 e. The minimum atomic E-state index is -0.00673. The molecule has 2 unspecified atom stereocenters. The molecule has 1 aromatic carbocycles. The molecule has 21 heavy (non-hydrogen) atoms. The summed E-state index contributed by atoms with van der Waals surface area (Å²) in [6.45, 7) is 3.15. The lowest BCUT2D eigenvalue weighted by Crippen LogP contribution is -2.51. The van der Waals surface area contributed by atoms with Gasteiger partial charge in [-0.3, -0.25) is 4.79 Å². The summed E-state index contributed by atoms with van der Waals surface area (Å²) in [5.74, 6) is -0.00673. The minimum Gasteiger partial charge on any atom is -0.348 e. The van der Waals surface area contributed by atoms with E-state index in [-0.39, 0.29) is 11.9 Å². The molecule has 0 saturated carbocycles. The van der Waals surface area contributed by atoms with E-state index in [1.54, 1.807) is 12.5 Å². The van der Waals surface area contributed by atoms with Crippen LogP contribution in [-0.2, 0) is 0 Å². The van der Waals surface area contributed by atoms with E-state index in [2.05, 4.69) is 22.5 Å². The van der Waals surface area contributed by atoms with Crippen molar-refractivity contribution in [3.63, 3.8) is 0 Å². The first kappa shape index (κ1) is 13.8. The Kier molecular flexibility index (Phi) is 4.01. The van der Waals surface area contributed by atoms with Crippen LogP contribution in [-0.4, -0.2) is 34.1 Å². The van der Waals surface area contributed by atoms with Crippen LogP contribution < -0.4 is 10.6 Å². The molecule has 0 spiro atoms. The number of amides is 1. The molecule has 0 aliphatic carbocycles. The molecule has 5 nitrogen and oxygen atoms in total. The smallest absolute Gasteiger partial charge is 0.251 e. The maximum atomic E-state index is 12.3. The van der Waals surface area contributed by atoms with E-state index in [0.29, 0.717) is 11.6 Å². The first-order valence-corrected chi connectivity index (χ1v) is 7.37. The second-order valence-corrected chi connectivity index (χ2v) is 5.48. The molecule has 1 aromatic heterocycles. The number of imidazole rings is 1. The second kappa shape index (κ2) is 6.10. The van der Waals surface area contributed by atoms with Crippen LogP contribution in [0.15, 0.2) is 43.0 Å². The molecule has 1 fully saturated rings. The number of carbonyl (C=O) groups excluding carboxylic acids is 1. The van der Waals surface area contributed by atoms with Gasteiger partial charge < -0.3 is 15.2 Å². The highest BCUT2D eigenvalue weighted by Crippen LogP contribution is 2.12. The van der Waals surface area contributed by atoms with E-state index in [9.17, 15) is 4.79 Å². The van der Waals surface area contributed by atoms with Crippen LogP contribution in [0.3, 0.4) is 0 Å². The summed E-state index contributed by atoms with van der Waals surface area (Å²) in [6, 6.07) is 8.10. The SMILES string of the molecule is CC1NCCCC1NC(=O)c1ccc(-n2ccnc2)cc1. The molecule has 2 heterocycles. The van der Waals surface area contributed by atoms with Gasteiger partial charge in [0.15, 0.2) is 0 Å². The Morgan fingerprint density at radius 1 is 1.38 bits per heavy atom. The summed E-state index contributed by atoms with van der Waals surface area (Å²) in [5, 5.41) is 6.51. The van der Waals surface area contributed by atoms with Crippen molar-refractivity contribution in [1.82, 2.24) is 20.2 Å². The molecule has 2 atom stereocenters. The number of hydrogen-bond acceptors (Lipinski definition) is 3. The molecule has 5 heteroatoms. The Morgan fingerprint density at radius 2 is 2.19 bits per heavy atom. The quantitative estimate of drug-likeness (QED) is 0.902. The van der Waals surface area contributed by atoms with Gasteiger partial charge in [-0.1, -0.05) is 0 Å². The summed E-state index contributed by atoms with van der Waals surface area (Å²) in [5.41, 5.74) is 1.69.